The Morgan fingerprint density at radius 2 is 1.96 bits per heavy atom. The molecule has 1 amide bonds. The molecule has 0 saturated carbocycles. The predicted molar refractivity (Wildman–Crippen MR) is 95.2 cm³/mol. The Bertz CT molecular complexity index is 953. The fourth-order valence-corrected chi connectivity index (χ4v) is 3.54. The molecule has 0 fully saturated rings. The van der Waals surface area contributed by atoms with Crippen LogP contribution in [0.3, 0.4) is 0 Å². The first-order valence-electron chi connectivity index (χ1n) is 8.46. The van der Waals surface area contributed by atoms with Crippen LogP contribution in [0.15, 0.2) is 30.3 Å². The number of rotatable bonds is 2. The van der Waals surface area contributed by atoms with Crippen LogP contribution in [0.2, 0.25) is 0 Å². The van der Waals surface area contributed by atoms with E-state index >= 15 is 0 Å². The highest BCUT2D eigenvalue weighted by Gasteiger charge is 2.24. The van der Waals surface area contributed by atoms with Crippen LogP contribution < -0.4 is 0 Å². The minimum Gasteiger partial charge on any atom is -0.333 e. The molecule has 25 heavy (non-hydrogen) atoms. The molecule has 0 radical (unpaired) electrons. The number of aromatic amines is 1. The number of carbonyl (C=O) groups is 1. The number of aryl methyl sites for hydroxylation is 2. The Hall–Kier alpha value is -2.89. The van der Waals surface area contributed by atoms with Crippen molar-refractivity contribution >= 4 is 5.91 Å². The van der Waals surface area contributed by atoms with Gasteiger partial charge in [-0.05, 0) is 37.5 Å². The minimum atomic E-state index is -0.00699. The number of nitrogens with one attached hydrogen (secondary N) is 1. The third-order valence-corrected chi connectivity index (χ3v) is 4.99. The number of amides is 1. The highest BCUT2D eigenvalue weighted by molar-refractivity contribution is 5.93. The average Bonchev–Trinajstić information content (AvgIpc) is 3.19. The molecule has 0 bridgehead atoms. The molecular weight excluding hydrogens is 314 g/mol. The van der Waals surface area contributed by atoms with Gasteiger partial charge < -0.3 is 4.90 Å². The van der Waals surface area contributed by atoms with E-state index in [0.717, 1.165) is 35.6 Å². The molecule has 0 atom stereocenters. The van der Waals surface area contributed by atoms with Gasteiger partial charge in [0.05, 0.1) is 11.4 Å². The molecule has 1 N–H and O–H groups in total. The highest BCUT2D eigenvalue weighted by Crippen LogP contribution is 2.26. The van der Waals surface area contributed by atoms with Gasteiger partial charge in [0.2, 0.25) is 0 Å². The molecule has 0 unspecified atom stereocenters. The summed E-state index contributed by atoms with van der Waals surface area (Å²) in [5.41, 5.74) is 6.79. The van der Waals surface area contributed by atoms with E-state index in [-0.39, 0.29) is 5.91 Å². The number of aromatic nitrogens is 4. The Balaban J connectivity index is 1.59. The molecule has 6 nitrogen and oxygen atoms in total. The first-order valence-corrected chi connectivity index (χ1v) is 8.46. The molecule has 3 aromatic rings. The van der Waals surface area contributed by atoms with Crippen molar-refractivity contribution in [3.05, 3.63) is 58.5 Å². The highest BCUT2D eigenvalue weighted by atomic mass is 16.2. The van der Waals surface area contributed by atoms with Crippen LogP contribution >= 0.6 is 0 Å². The van der Waals surface area contributed by atoms with E-state index < -0.39 is 0 Å². The second-order valence-corrected chi connectivity index (χ2v) is 6.58. The van der Waals surface area contributed by atoms with E-state index in [9.17, 15) is 4.79 Å². The summed E-state index contributed by atoms with van der Waals surface area (Å²) in [4.78, 5) is 14.7. The smallest absolute Gasteiger partial charge is 0.272 e. The van der Waals surface area contributed by atoms with Crippen molar-refractivity contribution in [2.45, 2.75) is 26.8 Å². The first kappa shape index (κ1) is 15.6. The third-order valence-electron chi connectivity index (χ3n) is 4.99. The monoisotopic (exact) mass is 335 g/mol. The van der Waals surface area contributed by atoms with Crippen molar-refractivity contribution in [1.29, 1.82) is 0 Å². The van der Waals surface area contributed by atoms with Crippen LogP contribution in [0.25, 0.3) is 11.3 Å². The molecule has 1 aromatic carbocycles. The number of benzene rings is 1. The number of hydrogen-bond donors (Lipinski definition) is 1. The van der Waals surface area contributed by atoms with Crippen LogP contribution in [0, 0.1) is 13.8 Å². The van der Waals surface area contributed by atoms with Gasteiger partial charge in [-0.1, -0.05) is 24.3 Å². The van der Waals surface area contributed by atoms with Crippen LogP contribution in [0.5, 0.6) is 0 Å². The summed E-state index contributed by atoms with van der Waals surface area (Å²) < 4.78 is 1.84. The molecule has 128 valence electrons. The molecule has 1 aliphatic heterocycles. The summed E-state index contributed by atoms with van der Waals surface area (Å²) in [6.45, 7) is 5.34. The van der Waals surface area contributed by atoms with Gasteiger partial charge in [0.25, 0.3) is 5.91 Å². The van der Waals surface area contributed by atoms with Gasteiger partial charge in [-0.15, -0.1) is 0 Å². The summed E-state index contributed by atoms with van der Waals surface area (Å²) in [6.07, 6.45) is 0.893. The summed E-state index contributed by atoms with van der Waals surface area (Å²) in [5.74, 6) is -0.00699. The molecule has 2 aromatic heterocycles. The standard InChI is InChI=1S/C19H21N5O/c1-12-18(13(2)23(3)22-12)16-10-17(21-20-16)19(25)24-9-8-14-6-4-5-7-15(14)11-24/h4-7,10H,8-9,11H2,1-3H3,(H,20,21). The number of hydrogen-bond acceptors (Lipinski definition) is 3. The maximum absolute atomic E-state index is 12.9. The van der Waals surface area contributed by atoms with Gasteiger partial charge in [0.15, 0.2) is 0 Å². The molecular formula is C19H21N5O. The number of carbonyl (C=O) groups excluding carboxylic acids is 1. The maximum Gasteiger partial charge on any atom is 0.272 e. The molecule has 4 rings (SSSR count). The van der Waals surface area contributed by atoms with Crippen molar-refractivity contribution in [3.8, 4) is 11.3 Å². The van der Waals surface area contributed by atoms with E-state index in [4.69, 9.17) is 0 Å². The van der Waals surface area contributed by atoms with Gasteiger partial charge in [-0.2, -0.15) is 10.2 Å². The second kappa shape index (κ2) is 5.88. The van der Waals surface area contributed by atoms with Gasteiger partial charge in [-0.25, -0.2) is 0 Å². The average molecular weight is 335 g/mol. The van der Waals surface area contributed by atoms with E-state index in [1.165, 1.54) is 11.1 Å². The molecule has 3 heterocycles. The number of H-pyrrole nitrogens is 1. The largest absolute Gasteiger partial charge is 0.333 e. The van der Waals surface area contributed by atoms with Crippen LogP contribution in [0.4, 0.5) is 0 Å². The van der Waals surface area contributed by atoms with Gasteiger partial charge in [-0.3, -0.25) is 14.6 Å². The minimum absolute atomic E-state index is 0.00699. The predicted octanol–water partition coefficient (Wildman–Crippen LogP) is 2.63. The lowest BCUT2D eigenvalue weighted by atomic mass is 10.00. The summed E-state index contributed by atoms with van der Waals surface area (Å²) in [7, 11) is 1.91. The second-order valence-electron chi connectivity index (χ2n) is 6.58. The number of fused-ring (bicyclic) bond motifs is 1. The fourth-order valence-electron chi connectivity index (χ4n) is 3.54. The van der Waals surface area contributed by atoms with Crippen LogP contribution in [-0.4, -0.2) is 37.3 Å². The van der Waals surface area contributed by atoms with Crippen molar-refractivity contribution in [2.75, 3.05) is 6.54 Å². The summed E-state index contributed by atoms with van der Waals surface area (Å²) in [6, 6.07) is 10.1. The van der Waals surface area contributed by atoms with E-state index in [0.29, 0.717) is 12.2 Å². The molecule has 1 aliphatic rings. The zero-order valence-electron chi connectivity index (χ0n) is 14.7. The van der Waals surface area contributed by atoms with E-state index in [2.05, 4.69) is 33.5 Å². The van der Waals surface area contributed by atoms with Crippen molar-refractivity contribution < 1.29 is 4.79 Å². The van der Waals surface area contributed by atoms with Gasteiger partial charge in [0, 0.05) is 31.4 Å². The lowest BCUT2D eigenvalue weighted by Crippen LogP contribution is -2.36. The molecule has 0 aliphatic carbocycles. The Morgan fingerprint density at radius 3 is 2.68 bits per heavy atom. The summed E-state index contributed by atoms with van der Waals surface area (Å²) in [5, 5.41) is 11.7. The van der Waals surface area contributed by atoms with Crippen molar-refractivity contribution in [1.82, 2.24) is 24.9 Å². The van der Waals surface area contributed by atoms with Gasteiger partial charge in [0.1, 0.15) is 5.69 Å². The fraction of sp³-hybridized carbons (Fsp3) is 0.316. The third kappa shape index (κ3) is 2.63. The molecule has 0 saturated heterocycles. The van der Waals surface area contributed by atoms with Crippen molar-refractivity contribution in [2.24, 2.45) is 7.05 Å². The Kier molecular flexibility index (Phi) is 3.67. The Morgan fingerprint density at radius 1 is 1.20 bits per heavy atom. The Labute approximate surface area is 146 Å². The maximum atomic E-state index is 12.9. The van der Waals surface area contributed by atoms with Crippen LogP contribution in [0.1, 0.15) is 33.0 Å². The number of nitrogens with zero attached hydrogens (tertiary/aromatic N) is 4. The molecule has 0 spiro atoms. The van der Waals surface area contributed by atoms with E-state index in [1.807, 2.05) is 42.6 Å². The lowest BCUT2D eigenvalue weighted by Gasteiger charge is -2.28. The lowest BCUT2D eigenvalue weighted by molar-refractivity contribution is 0.0728. The van der Waals surface area contributed by atoms with E-state index in [1.54, 1.807) is 0 Å². The topological polar surface area (TPSA) is 66.8 Å². The normalized spacial score (nSPS) is 13.8. The zero-order chi connectivity index (χ0) is 17.6. The molecule has 6 heteroatoms. The van der Waals surface area contributed by atoms with Crippen LogP contribution in [-0.2, 0) is 20.0 Å². The quantitative estimate of drug-likeness (QED) is 0.783. The SMILES string of the molecule is Cc1nn(C)c(C)c1-c1cc(C(=O)N2CCc3ccccc3C2)[nH]n1. The zero-order valence-corrected chi connectivity index (χ0v) is 14.7. The summed E-state index contributed by atoms with van der Waals surface area (Å²) >= 11 is 0. The van der Waals surface area contributed by atoms with Gasteiger partial charge >= 0.3 is 0 Å². The first-order chi connectivity index (χ1) is 12.0. The van der Waals surface area contributed by atoms with Crippen molar-refractivity contribution in [3.63, 3.8) is 0 Å².